The molecule has 1 saturated heterocycles. The first-order valence-electron chi connectivity index (χ1n) is 10.2. The number of benzene rings is 2. The number of hydrogen-bond donors (Lipinski definition) is 2. The van der Waals surface area contributed by atoms with Crippen molar-refractivity contribution in [3.63, 3.8) is 0 Å². The Labute approximate surface area is 179 Å². The Morgan fingerprint density at radius 2 is 2.03 bits per heavy atom. The van der Waals surface area contributed by atoms with E-state index in [-0.39, 0.29) is 11.7 Å². The average molecular weight is 421 g/mol. The Morgan fingerprint density at radius 3 is 2.68 bits per heavy atom. The molecule has 3 amide bonds. The maximum absolute atomic E-state index is 13.8. The van der Waals surface area contributed by atoms with Crippen LogP contribution in [-0.2, 0) is 18.4 Å². The van der Waals surface area contributed by atoms with Crippen molar-refractivity contribution in [1.82, 2.24) is 19.8 Å². The average Bonchev–Trinajstić information content (AvgIpc) is 3.35. The molecular formula is C23H24FN5O2. The molecule has 4 rings (SSSR count). The number of nitrogens with zero attached hydrogens (tertiary/aromatic N) is 3. The monoisotopic (exact) mass is 421 g/mol. The van der Waals surface area contributed by atoms with E-state index in [1.807, 2.05) is 24.1 Å². The van der Waals surface area contributed by atoms with Gasteiger partial charge in [-0.1, -0.05) is 24.3 Å². The van der Waals surface area contributed by atoms with Gasteiger partial charge in [-0.05, 0) is 41.8 Å². The fourth-order valence-electron chi connectivity index (χ4n) is 3.72. The number of aromatic nitrogens is 2. The van der Waals surface area contributed by atoms with E-state index in [0.29, 0.717) is 30.0 Å². The fraction of sp³-hybridized carbons (Fsp3) is 0.261. The van der Waals surface area contributed by atoms with Crippen LogP contribution in [0.1, 0.15) is 35.8 Å². The number of aryl methyl sites for hydroxylation is 1. The molecule has 160 valence electrons. The first-order valence-corrected chi connectivity index (χ1v) is 10.2. The van der Waals surface area contributed by atoms with Crippen molar-refractivity contribution in [3.05, 3.63) is 83.7 Å². The van der Waals surface area contributed by atoms with Crippen LogP contribution < -0.4 is 10.6 Å². The fourth-order valence-corrected chi connectivity index (χ4v) is 3.72. The first kappa shape index (κ1) is 20.6. The van der Waals surface area contributed by atoms with Crippen LogP contribution in [0.15, 0.2) is 60.9 Å². The van der Waals surface area contributed by atoms with E-state index >= 15 is 0 Å². The zero-order chi connectivity index (χ0) is 21.8. The summed E-state index contributed by atoms with van der Waals surface area (Å²) in [5.74, 6) is 0.386. The maximum atomic E-state index is 13.8. The largest absolute Gasteiger partial charge is 0.338 e. The molecule has 1 fully saturated rings. The van der Waals surface area contributed by atoms with Crippen molar-refractivity contribution < 1.29 is 14.0 Å². The van der Waals surface area contributed by atoms with Gasteiger partial charge in [0, 0.05) is 44.6 Å². The van der Waals surface area contributed by atoms with Gasteiger partial charge < -0.3 is 20.1 Å². The second-order valence-electron chi connectivity index (χ2n) is 7.60. The number of urea groups is 1. The molecule has 2 heterocycles. The number of carbonyl (C=O) groups excluding carboxylic acids is 2. The number of amides is 3. The Balaban J connectivity index is 1.44. The van der Waals surface area contributed by atoms with Crippen LogP contribution in [0.4, 0.5) is 14.9 Å². The lowest BCUT2D eigenvalue weighted by atomic mass is 10.1. The van der Waals surface area contributed by atoms with Gasteiger partial charge in [0.25, 0.3) is 0 Å². The molecule has 2 N–H and O–H groups in total. The van der Waals surface area contributed by atoms with Gasteiger partial charge in [-0.2, -0.15) is 0 Å². The molecule has 1 atom stereocenters. The molecule has 1 aromatic heterocycles. The highest BCUT2D eigenvalue weighted by molar-refractivity contribution is 5.89. The SMILES string of the molecule is Cn1ccnc1C(NC(=O)Nc1ccc(CN2CCCC2=O)cc1)c1cccc(F)c1. The van der Waals surface area contributed by atoms with Gasteiger partial charge in [0.05, 0.1) is 0 Å². The number of halogens is 1. The van der Waals surface area contributed by atoms with Crippen LogP contribution in [0.25, 0.3) is 0 Å². The third-order valence-electron chi connectivity index (χ3n) is 5.33. The summed E-state index contributed by atoms with van der Waals surface area (Å²) < 4.78 is 15.6. The van der Waals surface area contributed by atoms with Gasteiger partial charge in [0.1, 0.15) is 17.7 Å². The lowest BCUT2D eigenvalue weighted by Crippen LogP contribution is -2.34. The highest BCUT2D eigenvalue weighted by Crippen LogP contribution is 2.22. The molecule has 0 aliphatic carbocycles. The minimum absolute atomic E-state index is 0.180. The summed E-state index contributed by atoms with van der Waals surface area (Å²) in [6.07, 6.45) is 4.92. The first-order chi connectivity index (χ1) is 15.0. The quantitative estimate of drug-likeness (QED) is 0.638. The summed E-state index contributed by atoms with van der Waals surface area (Å²) in [4.78, 5) is 30.6. The van der Waals surface area contributed by atoms with E-state index in [0.717, 1.165) is 18.5 Å². The molecule has 8 heteroatoms. The van der Waals surface area contributed by atoms with Crippen LogP contribution in [0.3, 0.4) is 0 Å². The van der Waals surface area contributed by atoms with Crippen LogP contribution in [0.5, 0.6) is 0 Å². The van der Waals surface area contributed by atoms with E-state index in [2.05, 4.69) is 15.6 Å². The van der Waals surface area contributed by atoms with Crippen molar-refractivity contribution in [2.24, 2.45) is 7.05 Å². The van der Waals surface area contributed by atoms with Gasteiger partial charge >= 0.3 is 6.03 Å². The van der Waals surface area contributed by atoms with E-state index in [1.165, 1.54) is 12.1 Å². The van der Waals surface area contributed by atoms with Crippen LogP contribution in [-0.4, -0.2) is 32.9 Å². The Morgan fingerprint density at radius 1 is 1.23 bits per heavy atom. The second kappa shape index (κ2) is 8.99. The summed E-state index contributed by atoms with van der Waals surface area (Å²) in [5.41, 5.74) is 2.22. The smallest absolute Gasteiger partial charge is 0.320 e. The highest BCUT2D eigenvalue weighted by Gasteiger charge is 2.22. The molecule has 0 spiro atoms. The summed E-state index contributed by atoms with van der Waals surface area (Å²) in [6, 6.07) is 12.4. The van der Waals surface area contributed by atoms with Crippen molar-refractivity contribution in [2.45, 2.75) is 25.4 Å². The predicted octanol–water partition coefficient (Wildman–Crippen LogP) is 3.59. The molecule has 1 unspecified atom stereocenters. The van der Waals surface area contributed by atoms with Gasteiger partial charge in [-0.15, -0.1) is 0 Å². The van der Waals surface area contributed by atoms with Gasteiger partial charge in [0.15, 0.2) is 0 Å². The summed E-state index contributed by atoms with van der Waals surface area (Å²) >= 11 is 0. The standard InChI is InChI=1S/C23H24FN5O2/c1-28-13-11-25-22(28)21(17-4-2-5-18(24)14-17)27-23(31)26-19-9-7-16(8-10-19)15-29-12-3-6-20(29)30/h2,4-5,7-11,13-14,21H,3,6,12,15H2,1H3,(H2,26,27,31). The minimum Gasteiger partial charge on any atom is -0.338 e. The van der Waals surface area contributed by atoms with Gasteiger partial charge in [-0.25, -0.2) is 14.2 Å². The zero-order valence-electron chi connectivity index (χ0n) is 17.2. The molecule has 31 heavy (non-hydrogen) atoms. The normalized spacial score (nSPS) is 14.5. The van der Waals surface area contributed by atoms with Crippen LogP contribution in [0, 0.1) is 5.82 Å². The molecule has 1 aliphatic rings. The van der Waals surface area contributed by atoms with Crippen molar-refractivity contribution in [1.29, 1.82) is 0 Å². The van der Waals surface area contributed by atoms with E-state index in [4.69, 9.17) is 0 Å². The van der Waals surface area contributed by atoms with Gasteiger partial charge in [0.2, 0.25) is 5.91 Å². The number of hydrogen-bond acceptors (Lipinski definition) is 3. The van der Waals surface area contributed by atoms with E-state index in [9.17, 15) is 14.0 Å². The predicted molar refractivity (Wildman–Crippen MR) is 115 cm³/mol. The van der Waals surface area contributed by atoms with Crippen molar-refractivity contribution >= 4 is 17.6 Å². The maximum Gasteiger partial charge on any atom is 0.320 e. The second-order valence-corrected chi connectivity index (χ2v) is 7.60. The summed E-state index contributed by atoms with van der Waals surface area (Å²) in [7, 11) is 1.82. The molecular weight excluding hydrogens is 397 g/mol. The molecule has 0 bridgehead atoms. The minimum atomic E-state index is -0.615. The number of nitrogens with one attached hydrogen (secondary N) is 2. The topological polar surface area (TPSA) is 79.3 Å². The van der Waals surface area contributed by atoms with Crippen LogP contribution >= 0.6 is 0 Å². The molecule has 3 aromatic rings. The van der Waals surface area contributed by atoms with Crippen LogP contribution in [0.2, 0.25) is 0 Å². The highest BCUT2D eigenvalue weighted by atomic mass is 19.1. The third-order valence-corrected chi connectivity index (χ3v) is 5.33. The van der Waals surface area contributed by atoms with Gasteiger partial charge in [-0.3, -0.25) is 4.79 Å². The number of carbonyl (C=O) groups is 2. The molecule has 0 saturated carbocycles. The Hall–Kier alpha value is -3.68. The van der Waals surface area contributed by atoms with Crippen molar-refractivity contribution in [3.8, 4) is 0 Å². The number of rotatable bonds is 6. The Kier molecular flexibility index (Phi) is 5.97. The van der Waals surface area contributed by atoms with E-state index < -0.39 is 12.1 Å². The van der Waals surface area contributed by atoms with E-state index in [1.54, 1.807) is 41.2 Å². The Bertz CT molecular complexity index is 1080. The summed E-state index contributed by atoms with van der Waals surface area (Å²) in [6.45, 7) is 1.36. The number of anilines is 1. The molecule has 7 nitrogen and oxygen atoms in total. The lowest BCUT2D eigenvalue weighted by molar-refractivity contribution is -0.128. The van der Waals surface area contributed by atoms with Crippen molar-refractivity contribution in [2.75, 3.05) is 11.9 Å². The molecule has 0 radical (unpaired) electrons. The molecule has 1 aliphatic heterocycles. The third kappa shape index (κ3) is 4.91. The number of imidazole rings is 1. The molecule has 2 aromatic carbocycles. The lowest BCUT2D eigenvalue weighted by Gasteiger charge is -2.20. The number of likely N-dealkylation sites (tertiary alicyclic amines) is 1. The summed E-state index contributed by atoms with van der Waals surface area (Å²) in [5, 5.41) is 5.68. The zero-order valence-corrected chi connectivity index (χ0v) is 17.2.